The number of hydrogen-bond acceptors (Lipinski definition) is 5. The summed E-state index contributed by atoms with van der Waals surface area (Å²) in [6.45, 7) is 0.744. The number of nitrogen functional groups attached to an aromatic ring is 1. The van der Waals surface area contributed by atoms with Crippen LogP contribution in [-0.4, -0.2) is 26.6 Å². The molecule has 0 atom stereocenters. The largest absolute Gasteiger partial charge is 0.496 e. The standard InChI is InChI=1S/C15H19N3O2S/c1-17-15(19)14-11(16)9-13(21-14)18-8-7-10-5-3-4-6-12(10)20-2/h3-6,9,18H,7-8,16H2,1-2H3,(H,17,19). The molecule has 0 saturated heterocycles. The summed E-state index contributed by atoms with van der Waals surface area (Å²) >= 11 is 1.36. The fourth-order valence-corrected chi connectivity index (χ4v) is 2.96. The number of benzene rings is 1. The average molecular weight is 305 g/mol. The number of nitrogens with two attached hydrogens (primary N) is 1. The first-order valence-corrected chi connectivity index (χ1v) is 7.44. The van der Waals surface area contributed by atoms with E-state index in [2.05, 4.69) is 10.6 Å². The third-order valence-corrected chi connectivity index (χ3v) is 4.19. The molecule has 0 radical (unpaired) electrons. The molecular weight excluding hydrogens is 286 g/mol. The lowest BCUT2D eigenvalue weighted by atomic mass is 10.1. The molecule has 0 bridgehead atoms. The highest BCUT2D eigenvalue weighted by atomic mass is 32.1. The van der Waals surface area contributed by atoms with Crippen LogP contribution in [0.3, 0.4) is 0 Å². The minimum Gasteiger partial charge on any atom is -0.496 e. The summed E-state index contributed by atoms with van der Waals surface area (Å²) in [7, 11) is 3.26. The quantitative estimate of drug-likeness (QED) is 0.765. The molecule has 6 heteroatoms. The maximum Gasteiger partial charge on any atom is 0.263 e. The number of carbonyl (C=O) groups is 1. The molecule has 21 heavy (non-hydrogen) atoms. The number of hydrogen-bond donors (Lipinski definition) is 3. The van der Waals surface area contributed by atoms with Crippen LogP contribution < -0.4 is 21.1 Å². The Morgan fingerprint density at radius 2 is 2.14 bits per heavy atom. The molecule has 0 aliphatic carbocycles. The molecule has 0 aliphatic heterocycles. The van der Waals surface area contributed by atoms with Gasteiger partial charge >= 0.3 is 0 Å². The highest BCUT2D eigenvalue weighted by Crippen LogP contribution is 2.29. The van der Waals surface area contributed by atoms with E-state index in [0.29, 0.717) is 10.6 Å². The molecule has 4 N–H and O–H groups in total. The van der Waals surface area contributed by atoms with Gasteiger partial charge in [0.1, 0.15) is 10.6 Å². The van der Waals surface area contributed by atoms with E-state index in [4.69, 9.17) is 10.5 Å². The van der Waals surface area contributed by atoms with Crippen molar-refractivity contribution in [2.75, 3.05) is 31.8 Å². The zero-order chi connectivity index (χ0) is 15.2. The van der Waals surface area contributed by atoms with E-state index in [1.54, 1.807) is 20.2 Å². The van der Waals surface area contributed by atoms with Crippen LogP contribution in [0.1, 0.15) is 15.2 Å². The van der Waals surface area contributed by atoms with Crippen LogP contribution in [0.2, 0.25) is 0 Å². The van der Waals surface area contributed by atoms with Gasteiger partial charge in [0.15, 0.2) is 0 Å². The van der Waals surface area contributed by atoms with Gasteiger partial charge in [-0.3, -0.25) is 4.79 Å². The molecule has 0 spiro atoms. The Hall–Kier alpha value is -2.21. The van der Waals surface area contributed by atoms with Gasteiger partial charge in [-0.05, 0) is 24.1 Å². The molecule has 2 aromatic rings. The number of thiophene rings is 1. The van der Waals surface area contributed by atoms with Crippen molar-refractivity contribution in [1.29, 1.82) is 0 Å². The molecule has 0 aliphatic rings. The summed E-state index contributed by atoms with van der Waals surface area (Å²) in [5.74, 6) is 0.728. The number of anilines is 2. The minimum absolute atomic E-state index is 0.157. The first-order valence-electron chi connectivity index (χ1n) is 6.63. The van der Waals surface area contributed by atoms with Crippen molar-refractivity contribution in [1.82, 2.24) is 5.32 Å². The fraction of sp³-hybridized carbons (Fsp3) is 0.267. The van der Waals surface area contributed by atoms with Gasteiger partial charge in [0.25, 0.3) is 5.91 Å². The Labute approximate surface area is 128 Å². The van der Waals surface area contributed by atoms with Crippen LogP contribution in [0, 0.1) is 0 Å². The summed E-state index contributed by atoms with van der Waals surface area (Å²) < 4.78 is 5.32. The van der Waals surface area contributed by atoms with Gasteiger partial charge < -0.3 is 21.1 Å². The van der Waals surface area contributed by atoms with E-state index in [0.717, 1.165) is 29.3 Å². The predicted molar refractivity (Wildman–Crippen MR) is 87.3 cm³/mol. The van der Waals surface area contributed by atoms with Gasteiger partial charge in [-0.1, -0.05) is 18.2 Å². The van der Waals surface area contributed by atoms with Gasteiger partial charge in [0, 0.05) is 13.6 Å². The Morgan fingerprint density at radius 3 is 2.86 bits per heavy atom. The van der Waals surface area contributed by atoms with E-state index in [1.165, 1.54) is 11.3 Å². The topological polar surface area (TPSA) is 76.4 Å². The van der Waals surface area contributed by atoms with Gasteiger partial charge in [0.2, 0.25) is 0 Å². The van der Waals surface area contributed by atoms with E-state index in [-0.39, 0.29) is 5.91 Å². The number of rotatable bonds is 6. The number of methoxy groups -OCH3 is 1. The molecule has 0 unspecified atom stereocenters. The Morgan fingerprint density at radius 1 is 1.38 bits per heavy atom. The number of ether oxygens (including phenoxy) is 1. The number of nitrogens with one attached hydrogen (secondary N) is 2. The van der Waals surface area contributed by atoms with Crippen LogP contribution in [0.4, 0.5) is 10.7 Å². The smallest absolute Gasteiger partial charge is 0.263 e. The Kier molecular flexibility index (Phi) is 5.05. The second kappa shape index (κ2) is 6.99. The summed E-state index contributed by atoms with van der Waals surface area (Å²) in [5, 5.41) is 6.76. The van der Waals surface area contributed by atoms with E-state index < -0.39 is 0 Å². The summed E-state index contributed by atoms with van der Waals surface area (Å²) in [6, 6.07) is 9.72. The lowest BCUT2D eigenvalue weighted by Gasteiger charge is -2.08. The number of para-hydroxylation sites is 1. The zero-order valence-electron chi connectivity index (χ0n) is 12.1. The normalized spacial score (nSPS) is 10.2. The molecule has 112 valence electrons. The van der Waals surface area contributed by atoms with Gasteiger partial charge in [0.05, 0.1) is 17.8 Å². The SMILES string of the molecule is CNC(=O)c1sc(NCCc2ccccc2OC)cc1N. The van der Waals surface area contributed by atoms with Gasteiger partial charge in [-0.25, -0.2) is 0 Å². The predicted octanol–water partition coefficient (Wildman–Crippen LogP) is 2.35. The second-order valence-corrected chi connectivity index (χ2v) is 5.52. The van der Waals surface area contributed by atoms with E-state index >= 15 is 0 Å². The molecule has 0 fully saturated rings. The lowest BCUT2D eigenvalue weighted by Crippen LogP contribution is -2.17. The van der Waals surface area contributed by atoms with Crippen molar-refractivity contribution < 1.29 is 9.53 Å². The third-order valence-electron chi connectivity index (χ3n) is 3.08. The van der Waals surface area contributed by atoms with Crippen molar-refractivity contribution in [3.63, 3.8) is 0 Å². The molecule has 1 aromatic heterocycles. The maximum absolute atomic E-state index is 11.6. The Bertz CT molecular complexity index is 625. The Balaban J connectivity index is 1.96. The number of amides is 1. The highest BCUT2D eigenvalue weighted by Gasteiger charge is 2.12. The van der Waals surface area contributed by atoms with Gasteiger partial charge in [-0.2, -0.15) is 0 Å². The van der Waals surface area contributed by atoms with Crippen LogP contribution >= 0.6 is 11.3 Å². The van der Waals surface area contributed by atoms with Crippen molar-refractivity contribution >= 4 is 27.9 Å². The zero-order valence-corrected chi connectivity index (χ0v) is 12.9. The van der Waals surface area contributed by atoms with Crippen LogP contribution in [-0.2, 0) is 6.42 Å². The lowest BCUT2D eigenvalue weighted by molar-refractivity contribution is 0.0968. The van der Waals surface area contributed by atoms with E-state index in [9.17, 15) is 4.79 Å². The molecule has 2 rings (SSSR count). The first-order chi connectivity index (χ1) is 10.2. The highest BCUT2D eigenvalue weighted by molar-refractivity contribution is 7.18. The third kappa shape index (κ3) is 3.66. The second-order valence-electron chi connectivity index (χ2n) is 4.46. The van der Waals surface area contributed by atoms with Crippen LogP contribution in [0.5, 0.6) is 5.75 Å². The molecular formula is C15H19N3O2S. The molecule has 5 nitrogen and oxygen atoms in total. The molecule has 0 saturated carbocycles. The number of carbonyl (C=O) groups excluding carboxylic acids is 1. The van der Waals surface area contributed by atoms with Crippen molar-refractivity contribution in [2.45, 2.75) is 6.42 Å². The summed E-state index contributed by atoms with van der Waals surface area (Å²) in [6.07, 6.45) is 0.830. The van der Waals surface area contributed by atoms with Gasteiger partial charge in [-0.15, -0.1) is 11.3 Å². The maximum atomic E-state index is 11.6. The molecule has 1 aromatic carbocycles. The minimum atomic E-state index is -0.157. The van der Waals surface area contributed by atoms with Crippen molar-refractivity contribution in [2.24, 2.45) is 0 Å². The molecule has 1 amide bonds. The fourth-order valence-electron chi connectivity index (χ4n) is 2.01. The average Bonchev–Trinajstić information content (AvgIpc) is 2.88. The van der Waals surface area contributed by atoms with Crippen molar-refractivity contribution in [3.8, 4) is 5.75 Å². The van der Waals surface area contributed by atoms with E-state index in [1.807, 2.05) is 24.3 Å². The molecule has 1 heterocycles. The first kappa shape index (κ1) is 15.2. The summed E-state index contributed by atoms with van der Waals surface area (Å²) in [4.78, 5) is 12.1. The van der Waals surface area contributed by atoms with Crippen LogP contribution in [0.25, 0.3) is 0 Å². The van der Waals surface area contributed by atoms with Crippen LogP contribution in [0.15, 0.2) is 30.3 Å². The summed E-state index contributed by atoms with van der Waals surface area (Å²) in [5.41, 5.74) is 7.48. The monoisotopic (exact) mass is 305 g/mol. The van der Waals surface area contributed by atoms with Crippen molar-refractivity contribution in [3.05, 3.63) is 40.8 Å².